The predicted octanol–water partition coefficient (Wildman–Crippen LogP) is 5.26. The highest BCUT2D eigenvalue weighted by molar-refractivity contribution is 7.98. The van der Waals surface area contributed by atoms with Crippen LogP contribution in [0.1, 0.15) is 11.1 Å². The summed E-state index contributed by atoms with van der Waals surface area (Å²) >= 11 is 1.23. The Morgan fingerprint density at radius 2 is 1.55 bits per heavy atom. The van der Waals surface area contributed by atoms with Crippen LogP contribution in [0, 0.1) is 24.4 Å². The van der Waals surface area contributed by atoms with Gasteiger partial charge in [0.15, 0.2) is 11.6 Å². The van der Waals surface area contributed by atoms with Crippen molar-refractivity contribution in [2.24, 2.45) is 0 Å². The van der Waals surface area contributed by atoms with Gasteiger partial charge in [-0.2, -0.15) is 8.78 Å². The molecule has 0 unspecified atom stereocenters. The summed E-state index contributed by atoms with van der Waals surface area (Å²) in [7, 11) is 0. The quantitative estimate of drug-likeness (QED) is 0.557. The second-order valence-corrected chi connectivity index (χ2v) is 5.36. The Morgan fingerprint density at radius 1 is 0.955 bits per heavy atom. The lowest BCUT2D eigenvalue weighted by Crippen LogP contribution is -2.23. The molecule has 2 aromatic carbocycles. The number of alkyl halides is 2. The van der Waals surface area contributed by atoms with Crippen LogP contribution in [0.5, 0.6) is 5.75 Å². The number of benzene rings is 2. The molecular formula is C15H11F5OS. The highest BCUT2D eigenvalue weighted by Crippen LogP contribution is 2.35. The highest BCUT2D eigenvalue weighted by Gasteiger charge is 2.37. The van der Waals surface area contributed by atoms with Crippen molar-refractivity contribution in [3.8, 4) is 5.75 Å². The fourth-order valence-electron chi connectivity index (χ4n) is 1.70. The molecule has 2 aromatic rings. The van der Waals surface area contributed by atoms with Crippen LogP contribution < -0.4 is 4.74 Å². The van der Waals surface area contributed by atoms with E-state index in [1.165, 1.54) is 17.8 Å². The smallest absolute Gasteiger partial charge is 0.426 e. The molecule has 0 aliphatic carbocycles. The van der Waals surface area contributed by atoms with Gasteiger partial charge in [0, 0.05) is 10.5 Å². The molecular weight excluding hydrogens is 323 g/mol. The molecule has 7 heteroatoms. The van der Waals surface area contributed by atoms with Gasteiger partial charge in [-0.1, -0.05) is 0 Å². The minimum atomic E-state index is -4.07. The van der Waals surface area contributed by atoms with Gasteiger partial charge in [0.05, 0.1) is 5.56 Å². The summed E-state index contributed by atoms with van der Waals surface area (Å²) in [5.41, 5.74) is -1.41. The fourth-order valence-corrected chi connectivity index (χ4v) is 2.13. The van der Waals surface area contributed by atoms with Crippen molar-refractivity contribution in [3.63, 3.8) is 0 Å². The number of hydrogen-bond donors (Lipinski definition) is 0. The maximum absolute atomic E-state index is 14.0. The zero-order valence-electron chi connectivity index (χ0n) is 11.6. The monoisotopic (exact) mass is 334 g/mol. The Labute approximate surface area is 128 Å². The molecule has 0 amide bonds. The summed E-state index contributed by atoms with van der Waals surface area (Å²) < 4.78 is 72.7. The summed E-state index contributed by atoms with van der Waals surface area (Å²) in [5.74, 6) is -3.95. The number of thioether (sulfide) groups is 1. The largest absolute Gasteiger partial charge is 0.427 e. The Kier molecular flexibility index (Phi) is 4.65. The first-order valence-electron chi connectivity index (χ1n) is 6.11. The maximum Gasteiger partial charge on any atom is 0.427 e. The molecule has 0 aromatic heterocycles. The normalized spacial score (nSPS) is 11.6. The predicted molar refractivity (Wildman–Crippen MR) is 73.8 cm³/mol. The summed E-state index contributed by atoms with van der Waals surface area (Å²) in [5, 5.41) is 0. The van der Waals surface area contributed by atoms with E-state index in [-0.39, 0.29) is 5.56 Å². The highest BCUT2D eigenvalue weighted by atomic mass is 32.2. The summed E-state index contributed by atoms with van der Waals surface area (Å²) in [6, 6.07) is 4.40. The Morgan fingerprint density at radius 3 is 2.05 bits per heavy atom. The second kappa shape index (κ2) is 6.16. The molecule has 1 nitrogen and oxygen atoms in total. The number of ether oxygens (including phenoxy) is 1. The molecule has 0 saturated carbocycles. The van der Waals surface area contributed by atoms with Crippen LogP contribution in [0.3, 0.4) is 0 Å². The minimum Gasteiger partial charge on any atom is -0.426 e. The van der Waals surface area contributed by atoms with Crippen LogP contribution in [-0.4, -0.2) is 6.26 Å². The Balaban J connectivity index is 2.35. The van der Waals surface area contributed by atoms with E-state index in [9.17, 15) is 22.0 Å². The van der Waals surface area contributed by atoms with Crippen molar-refractivity contribution >= 4 is 11.8 Å². The fraction of sp³-hybridized carbons (Fsp3) is 0.200. The zero-order valence-corrected chi connectivity index (χ0v) is 12.4. The molecule has 0 saturated heterocycles. The number of halogens is 5. The number of rotatable bonds is 4. The van der Waals surface area contributed by atoms with Gasteiger partial charge in [-0.25, -0.2) is 13.2 Å². The van der Waals surface area contributed by atoms with Crippen LogP contribution in [0.2, 0.25) is 0 Å². The maximum atomic E-state index is 14.0. The first kappa shape index (κ1) is 16.6. The molecule has 2 rings (SSSR count). The van der Waals surface area contributed by atoms with E-state index in [0.29, 0.717) is 17.0 Å². The lowest BCUT2D eigenvalue weighted by molar-refractivity contribution is -0.187. The van der Waals surface area contributed by atoms with Gasteiger partial charge >= 0.3 is 6.11 Å². The molecule has 0 atom stereocenters. The minimum absolute atomic E-state index is 0.380. The summed E-state index contributed by atoms with van der Waals surface area (Å²) in [4.78, 5) is 0.528. The van der Waals surface area contributed by atoms with Crippen molar-refractivity contribution in [1.82, 2.24) is 0 Å². The van der Waals surface area contributed by atoms with Crippen molar-refractivity contribution in [1.29, 1.82) is 0 Å². The molecule has 0 radical (unpaired) electrons. The van der Waals surface area contributed by atoms with E-state index in [4.69, 9.17) is 0 Å². The second-order valence-electron chi connectivity index (χ2n) is 4.48. The SMILES string of the molecule is CSc1ccc(OC(F)(F)c2cc(F)c(C)c(F)c2)c(F)c1. The van der Waals surface area contributed by atoms with Crippen molar-refractivity contribution in [3.05, 3.63) is 58.9 Å². The third kappa shape index (κ3) is 3.35. The molecule has 0 heterocycles. The Hall–Kier alpha value is -1.76. The van der Waals surface area contributed by atoms with Crippen LogP contribution in [0.4, 0.5) is 22.0 Å². The van der Waals surface area contributed by atoms with Gasteiger partial charge in [-0.15, -0.1) is 11.8 Å². The van der Waals surface area contributed by atoms with E-state index in [0.717, 1.165) is 19.1 Å². The van der Waals surface area contributed by atoms with Gasteiger partial charge in [0.25, 0.3) is 0 Å². The molecule has 118 valence electrons. The lowest BCUT2D eigenvalue weighted by atomic mass is 10.1. The third-order valence-corrected chi connectivity index (χ3v) is 3.72. The van der Waals surface area contributed by atoms with Crippen molar-refractivity contribution in [2.75, 3.05) is 6.26 Å². The standard InChI is InChI=1S/C15H11F5OS/c1-8-11(16)5-9(6-12(8)17)15(19,20)21-14-4-3-10(22-2)7-13(14)18/h3-7H,1-2H3. The van der Waals surface area contributed by atoms with E-state index >= 15 is 0 Å². The van der Waals surface area contributed by atoms with Crippen LogP contribution >= 0.6 is 11.8 Å². The first-order chi connectivity index (χ1) is 10.2. The van der Waals surface area contributed by atoms with Gasteiger partial charge in [-0.05, 0) is 43.5 Å². The topological polar surface area (TPSA) is 9.23 Å². The summed E-state index contributed by atoms with van der Waals surface area (Å²) in [6.07, 6.45) is -2.38. The third-order valence-electron chi connectivity index (χ3n) is 2.99. The summed E-state index contributed by atoms with van der Waals surface area (Å²) in [6.45, 7) is 1.12. The van der Waals surface area contributed by atoms with E-state index < -0.39 is 34.9 Å². The van der Waals surface area contributed by atoms with Gasteiger partial charge < -0.3 is 4.74 Å². The zero-order chi connectivity index (χ0) is 16.5. The van der Waals surface area contributed by atoms with Crippen LogP contribution in [-0.2, 0) is 6.11 Å². The van der Waals surface area contributed by atoms with Crippen LogP contribution in [0.15, 0.2) is 35.2 Å². The Bertz CT molecular complexity index is 679. The molecule has 0 aliphatic rings. The van der Waals surface area contributed by atoms with Gasteiger partial charge in [0.1, 0.15) is 11.6 Å². The number of hydrogen-bond acceptors (Lipinski definition) is 2. The van der Waals surface area contributed by atoms with Crippen molar-refractivity contribution in [2.45, 2.75) is 17.9 Å². The van der Waals surface area contributed by atoms with Gasteiger partial charge in [-0.3, -0.25) is 0 Å². The van der Waals surface area contributed by atoms with Crippen molar-refractivity contribution < 1.29 is 26.7 Å². The van der Waals surface area contributed by atoms with E-state index in [2.05, 4.69) is 4.74 Å². The molecule has 22 heavy (non-hydrogen) atoms. The lowest BCUT2D eigenvalue weighted by Gasteiger charge is -2.19. The van der Waals surface area contributed by atoms with E-state index in [1.54, 1.807) is 6.26 Å². The van der Waals surface area contributed by atoms with E-state index in [1.807, 2.05) is 0 Å². The molecule has 0 aliphatic heterocycles. The average Bonchev–Trinajstić information content (AvgIpc) is 2.46. The molecule has 0 N–H and O–H groups in total. The average molecular weight is 334 g/mol. The molecule has 0 bridgehead atoms. The first-order valence-corrected chi connectivity index (χ1v) is 7.33. The molecule has 0 spiro atoms. The molecule has 0 fully saturated rings. The van der Waals surface area contributed by atoms with Crippen LogP contribution in [0.25, 0.3) is 0 Å². The van der Waals surface area contributed by atoms with Gasteiger partial charge in [0.2, 0.25) is 0 Å².